The van der Waals surface area contributed by atoms with E-state index in [0.717, 1.165) is 11.1 Å². The second-order valence-electron chi connectivity index (χ2n) is 11.7. The molecule has 0 unspecified atom stereocenters. The van der Waals surface area contributed by atoms with E-state index in [1.54, 1.807) is 29.2 Å². The molecule has 0 radical (unpaired) electrons. The molecule has 5 rings (SSSR count). The van der Waals surface area contributed by atoms with Crippen molar-refractivity contribution in [3.05, 3.63) is 76.7 Å². The van der Waals surface area contributed by atoms with Crippen LogP contribution >= 0.6 is 11.6 Å². The van der Waals surface area contributed by atoms with Gasteiger partial charge < -0.3 is 14.5 Å². The maximum absolute atomic E-state index is 15.0. The van der Waals surface area contributed by atoms with Crippen LogP contribution in [0.4, 0.5) is 15.0 Å². The average molecular weight is 586 g/mol. The Morgan fingerprint density at radius 3 is 2.29 bits per heavy atom. The number of piperazine rings is 1. The fourth-order valence-electron chi connectivity index (χ4n) is 5.26. The number of nitrogens with zero attached hydrogens (tertiary/aromatic N) is 5. The highest BCUT2D eigenvalue weighted by molar-refractivity contribution is 6.34. The summed E-state index contributed by atoms with van der Waals surface area (Å²) in [6.07, 6.45) is -0.363. The number of benzene rings is 2. The Hall–Kier alpha value is -4.22. The molecule has 0 N–H and O–H groups in total. The molecule has 1 amide bonds. The van der Waals surface area contributed by atoms with Crippen molar-refractivity contribution in [3.63, 3.8) is 0 Å². The van der Waals surface area contributed by atoms with Gasteiger partial charge in [0.15, 0.2) is 5.69 Å². The smallest absolute Gasteiger partial charge is 0.410 e. The summed E-state index contributed by atoms with van der Waals surface area (Å²) < 4.78 is 20.5. The monoisotopic (exact) mass is 585 g/mol. The number of hydrogen-bond donors (Lipinski definition) is 0. The van der Waals surface area contributed by atoms with Crippen molar-refractivity contribution in [1.82, 2.24) is 14.9 Å². The Kier molecular flexibility index (Phi) is 8.07. The first-order valence-corrected chi connectivity index (χ1v) is 14.4. The zero-order chi connectivity index (χ0) is 30.2. The van der Waals surface area contributed by atoms with Crippen LogP contribution in [0.5, 0.6) is 0 Å². The normalized spacial score (nSPS) is 13.9. The minimum absolute atomic E-state index is 0.168. The second kappa shape index (κ2) is 11.6. The first-order valence-electron chi connectivity index (χ1n) is 14.0. The zero-order valence-electron chi connectivity index (χ0n) is 24.4. The molecule has 4 aromatic rings. The molecule has 2 aromatic heterocycles. The topological polar surface area (TPSA) is 82.4 Å². The van der Waals surface area contributed by atoms with Crippen molar-refractivity contribution in [2.24, 2.45) is 0 Å². The Morgan fingerprint density at radius 2 is 1.67 bits per heavy atom. The van der Waals surface area contributed by atoms with Gasteiger partial charge in [0.25, 0.3) is 0 Å². The molecular weight excluding hydrogens is 553 g/mol. The van der Waals surface area contributed by atoms with Crippen LogP contribution in [0.2, 0.25) is 5.02 Å². The van der Waals surface area contributed by atoms with E-state index >= 15 is 0 Å². The molecule has 7 nitrogen and oxygen atoms in total. The maximum atomic E-state index is 15.0. The lowest BCUT2D eigenvalue weighted by Gasteiger charge is -2.36. The van der Waals surface area contributed by atoms with E-state index in [9.17, 15) is 14.4 Å². The molecule has 0 atom stereocenters. The molecule has 2 aromatic carbocycles. The maximum Gasteiger partial charge on any atom is 0.410 e. The van der Waals surface area contributed by atoms with E-state index in [0.29, 0.717) is 54.2 Å². The minimum Gasteiger partial charge on any atom is -0.444 e. The number of fused-ring (bicyclic) bond motifs is 1. The quantitative estimate of drug-likeness (QED) is 0.243. The van der Waals surface area contributed by atoms with E-state index in [1.807, 2.05) is 49.9 Å². The molecular formula is C33H33ClFN5O2. The summed E-state index contributed by atoms with van der Waals surface area (Å²) in [7, 11) is 0. The summed E-state index contributed by atoms with van der Waals surface area (Å²) in [5.74, 6) is 0.274. The van der Waals surface area contributed by atoms with Crippen molar-refractivity contribution in [3.8, 4) is 28.5 Å². The molecule has 0 saturated carbocycles. The van der Waals surface area contributed by atoms with Crippen molar-refractivity contribution >= 4 is 34.4 Å². The van der Waals surface area contributed by atoms with Crippen molar-refractivity contribution in [1.29, 1.82) is 5.26 Å². The molecule has 3 heterocycles. The van der Waals surface area contributed by atoms with Gasteiger partial charge in [0, 0.05) is 42.7 Å². The van der Waals surface area contributed by atoms with Gasteiger partial charge in [0.2, 0.25) is 0 Å². The lowest BCUT2D eigenvalue weighted by atomic mass is 9.90. The molecule has 0 aliphatic carbocycles. The summed E-state index contributed by atoms with van der Waals surface area (Å²) in [4.78, 5) is 26.2. The van der Waals surface area contributed by atoms with Crippen LogP contribution in [0.15, 0.2) is 54.6 Å². The van der Waals surface area contributed by atoms with Crippen LogP contribution < -0.4 is 4.90 Å². The first-order chi connectivity index (χ1) is 20.0. The summed E-state index contributed by atoms with van der Waals surface area (Å²) in [5, 5.41) is 11.3. The number of hydrogen-bond acceptors (Lipinski definition) is 6. The number of carbonyl (C=O) groups is 1. The molecule has 1 saturated heterocycles. The van der Waals surface area contributed by atoms with E-state index in [2.05, 4.69) is 19.9 Å². The summed E-state index contributed by atoms with van der Waals surface area (Å²) >= 11 is 6.79. The van der Waals surface area contributed by atoms with E-state index in [1.165, 1.54) is 6.07 Å². The molecule has 42 heavy (non-hydrogen) atoms. The highest BCUT2D eigenvalue weighted by Crippen LogP contribution is 2.41. The SMILES string of the molecule is CC(C)c1ccccc1-c1c(C#N)nc(N2CCN(C(=O)OC(C)(C)C)CC2)c2cc(Cl)c(-c3ccccc3F)nc12. The zero-order valence-corrected chi connectivity index (χ0v) is 25.2. The van der Waals surface area contributed by atoms with E-state index in [4.69, 9.17) is 26.3 Å². The molecule has 1 aliphatic heterocycles. The molecule has 216 valence electrons. The molecule has 0 spiro atoms. The Balaban J connectivity index is 1.69. The van der Waals surface area contributed by atoms with Crippen molar-refractivity contribution < 1.29 is 13.9 Å². The highest BCUT2D eigenvalue weighted by Gasteiger charge is 2.29. The van der Waals surface area contributed by atoms with Gasteiger partial charge in [-0.2, -0.15) is 5.26 Å². The molecule has 1 aliphatic rings. The number of halogens is 2. The number of nitriles is 1. The van der Waals surface area contributed by atoms with Crippen LogP contribution in [0.1, 0.15) is 51.8 Å². The molecule has 0 bridgehead atoms. The van der Waals surface area contributed by atoms with Crippen LogP contribution in [0.3, 0.4) is 0 Å². The predicted octanol–water partition coefficient (Wildman–Crippen LogP) is 7.81. The van der Waals surface area contributed by atoms with Gasteiger partial charge in [0.05, 0.1) is 16.2 Å². The number of amides is 1. The fraction of sp³-hybridized carbons (Fsp3) is 0.333. The third-order valence-corrected chi connectivity index (χ3v) is 7.51. The molecule has 9 heteroatoms. The van der Waals surface area contributed by atoms with Gasteiger partial charge >= 0.3 is 6.09 Å². The van der Waals surface area contributed by atoms with Gasteiger partial charge in [0.1, 0.15) is 23.3 Å². The summed E-state index contributed by atoms with van der Waals surface area (Å²) in [6.45, 7) is 11.5. The average Bonchev–Trinajstić information content (AvgIpc) is 2.95. The van der Waals surface area contributed by atoms with Crippen LogP contribution in [0, 0.1) is 17.1 Å². The summed E-state index contributed by atoms with van der Waals surface area (Å²) in [6, 6.07) is 18.3. The number of aromatic nitrogens is 2. The third-order valence-electron chi connectivity index (χ3n) is 7.23. The summed E-state index contributed by atoms with van der Waals surface area (Å²) in [5.41, 5.74) is 3.18. The van der Waals surface area contributed by atoms with Crippen molar-refractivity contribution in [2.45, 2.75) is 46.1 Å². The molecule has 1 fully saturated rings. The van der Waals surface area contributed by atoms with Crippen LogP contribution in [-0.4, -0.2) is 52.7 Å². The van der Waals surface area contributed by atoms with Gasteiger partial charge in [-0.1, -0.05) is 61.8 Å². The third kappa shape index (κ3) is 5.75. The van der Waals surface area contributed by atoms with E-state index in [-0.39, 0.29) is 28.3 Å². The standard InChI is InChI=1S/C33H33ClFN5O2/c1-20(2)21-10-6-7-11-22(21)28-27(19-36)37-31(39-14-16-40(17-15-39)32(41)42-33(3,4)5)24-18-25(34)29(38-30(24)28)23-12-8-9-13-26(23)35/h6-13,18,20H,14-17H2,1-5H3. The van der Waals surface area contributed by atoms with Crippen LogP contribution in [0.25, 0.3) is 33.3 Å². The number of anilines is 1. The van der Waals surface area contributed by atoms with Crippen molar-refractivity contribution in [2.75, 3.05) is 31.1 Å². The minimum atomic E-state index is -0.589. The van der Waals surface area contributed by atoms with Gasteiger partial charge in [-0.05, 0) is 56.0 Å². The van der Waals surface area contributed by atoms with E-state index < -0.39 is 11.4 Å². The first kappa shape index (κ1) is 29.3. The lowest BCUT2D eigenvalue weighted by molar-refractivity contribution is 0.0240. The van der Waals surface area contributed by atoms with Crippen LogP contribution in [-0.2, 0) is 4.74 Å². The Labute approximate surface area is 250 Å². The second-order valence-corrected chi connectivity index (χ2v) is 12.1. The number of ether oxygens (including phenoxy) is 1. The Morgan fingerprint density at radius 1 is 1.02 bits per heavy atom. The van der Waals surface area contributed by atoms with Gasteiger partial charge in [-0.15, -0.1) is 0 Å². The largest absolute Gasteiger partial charge is 0.444 e. The highest BCUT2D eigenvalue weighted by atomic mass is 35.5. The fourth-order valence-corrected chi connectivity index (χ4v) is 5.51. The lowest BCUT2D eigenvalue weighted by Crippen LogP contribution is -2.50. The Bertz CT molecular complexity index is 1700. The van der Waals surface area contributed by atoms with Gasteiger partial charge in [-0.3, -0.25) is 0 Å². The number of pyridine rings is 2. The number of carbonyl (C=O) groups excluding carboxylic acids is 1. The number of rotatable bonds is 4. The van der Waals surface area contributed by atoms with Gasteiger partial charge in [-0.25, -0.2) is 19.2 Å². The predicted molar refractivity (Wildman–Crippen MR) is 164 cm³/mol.